The average molecular weight is 392 g/mol. The smallest absolute Gasteiger partial charge is 0.224 e. The number of halogens is 1. The second-order valence-corrected chi connectivity index (χ2v) is 6.20. The summed E-state index contributed by atoms with van der Waals surface area (Å²) in [6.07, 6.45) is 2.04. The predicted molar refractivity (Wildman–Crippen MR) is 99.9 cm³/mol. The molecule has 0 fully saturated rings. The Morgan fingerprint density at radius 3 is 2.75 bits per heavy atom. The summed E-state index contributed by atoms with van der Waals surface area (Å²) in [5.74, 6) is 1.49. The van der Waals surface area contributed by atoms with Gasteiger partial charge in [-0.1, -0.05) is 19.1 Å². The summed E-state index contributed by atoms with van der Waals surface area (Å²) >= 11 is 3.51. The molecule has 0 aliphatic heterocycles. The van der Waals surface area contributed by atoms with Gasteiger partial charge >= 0.3 is 0 Å². The molecule has 0 bridgehead atoms. The van der Waals surface area contributed by atoms with Crippen molar-refractivity contribution in [2.45, 2.75) is 26.2 Å². The maximum atomic E-state index is 12.0. The molecule has 5 heteroatoms. The van der Waals surface area contributed by atoms with Gasteiger partial charge in [-0.3, -0.25) is 4.79 Å². The highest BCUT2D eigenvalue weighted by Gasteiger charge is 2.05. The molecule has 2 aromatic rings. The van der Waals surface area contributed by atoms with Gasteiger partial charge in [0.2, 0.25) is 5.91 Å². The van der Waals surface area contributed by atoms with Gasteiger partial charge in [0, 0.05) is 18.2 Å². The maximum Gasteiger partial charge on any atom is 0.224 e. The Hall–Kier alpha value is -2.01. The fourth-order valence-electron chi connectivity index (χ4n) is 2.22. The van der Waals surface area contributed by atoms with Crippen LogP contribution in [0, 0.1) is 0 Å². The van der Waals surface area contributed by atoms with Gasteiger partial charge in [-0.05, 0) is 58.6 Å². The molecule has 0 unspecified atom stereocenters. The highest BCUT2D eigenvalue weighted by Crippen LogP contribution is 2.26. The van der Waals surface area contributed by atoms with Crippen LogP contribution in [0.1, 0.15) is 25.3 Å². The van der Waals surface area contributed by atoms with E-state index in [1.54, 1.807) is 13.2 Å². The molecular formula is C19H22BrNO3. The number of amides is 1. The van der Waals surface area contributed by atoms with Gasteiger partial charge in [-0.2, -0.15) is 0 Å². The molecular weight excluding hydrogens is 370 g/mol. The van der Waals surface area contributed by atoms with Crippen molar-refractivity contribution >= 4 is 27.5 Å². The van der Waals surface area contributed by atoms with E-state index in [4.69, 9.17) is 9.47 Å². The number of methoxy groups -OCH3 is 1. The standard InChI is InChI=1S/C19H22BrNO3/c1-3-14-9-10-18(17(20)12-14)24-11-5-8-19(22)21-15-6-4-7-16(13-15)23-2/h4,6-7,9-10,12-13H,3,5,8,11H2,1-2H3,(H,21,22). The number of carbonyl (C=O) groups is 1. The van der Waals surface area contributed by atoms with Gasteiger partial charge in [0.05, 0.1) is 18.2 Å². The molecule has 0 aliphatic carbocycles. The van der Waals surface area contributed by atoms with Crippen LogP contribution in [0.5, 0.6) is 11.5 Å². The molecule has 1 N–H and O–H groups in total. The van der Waals surface area contributed by atoms with E-state index in [1.807, 2.05) is 24.3 Å². The van der Waals surface area contributed by atoms with Gasteiger partial charge in [-0.25, -0.2) is 0 Å². The van der Waals surface area contributed by atoms with Crippen LogP contribution in [0.25, 0.3) is 0 Å². The summed E-state index contributed by atoms with van der Waals surface area (Å²) in [6.45, 7) is 2.61. The minimum absolute atomic E-state index is 0.0350. The Kier molecular flexibility index (Phi) is 7.12. The molecule has 0 atom stereocenters. The van der Waals surface area contributed by atoms with Crippen LogP contribution in [0.2, 0.25) is 0 Å². The third-order valence-electron chi connectivity index (χ3n) is 3.56. The first-order valence-electron chi connectivity index (χ1n) is 7.97. The van der Waals surface area contributed by atoms with Crippen molar-refractivity contribution < 1.29 is 14.3 Å². The maximum absolute atomic E-state index is 12.0. The SMILES string of the molecule is CCc1ccc(OCCCC(=O)Nc2cccc(OC)c2)c(Br)c1. The molecule has 0 saturated carbocycles. The Labute approximate surface area is 151 Å². The van der Waals surface area contributed by atoms with E-state index in [0.717, 1.165) is 28.1 Å². The molecule has 0 spiro atoms. The van der Waals surface area contributed by atoms with Crippen molar-refractivity contribution in [1.82, 2.24) is 0 Å². The Morgan fingerprint density at radius 2 is 2.04 bits per heavy atom. The van der Waals surface area contributed by atoms with Gasteiger partial charge in [0.25, 0.3) is 0 Å². The van der Waals surface area contributed by atoms with E-state index in [9.17, 15) is 4.79 Å². The first kappa shape index (κ1) is 18.3. The average Bonchev–Trinajstić information content (AvgIpc) is 2.59. The van der Waals surface area contributed by atoms with Crippen LogP contribution in [0.15, 0.2) is 46.9 Å². The normalized spacial score (nSPS) is 10.3. The summed E-state index contributed by atoms with van der Waals surface area (Å²) in [5, 5.41) is 2.86. The van der Waals surface area contributed by atoms with Crippen LogP contribution in [0.4, 0.5) is 5.69 Å². The minimum atomic E-state index is -0.0350. The topological polar surface area (TPSA) is 47.6 Å². The summed E-state index contributed by atoms with van der Waals surface area (Å²) in [7, 11) is 1.60. The summed E-state index contributed by atoms with van der Waals surface area (Å²) in [4.78, 5) is 12.0. The van der Waals surface area contributed by atoms with Crippen molar-refractivity contribution in [2.24, 2.45) is 0 Å². The number of ether oxygens (including phenoxy) is 2. The van der Waals surface area contributed by atoms with Crippen LogP contribution >= 0.6 is 15.9 Å². The number of nitrogens with one attached hydrogen (secondary N) is 1. The lowest BCUT2D eigenvalue weighted by Gasteiger charge is -2.10. The van der Waals surface area contributed by atoms with Crippen LogP contribution < -0.4 is 14.8 Å². The molecule has 24 heavy (non-hydrogen) atoms. The fourth-order valence-corrected chi connectivity index (χ4v) is 2.76. The van der Waals surface area contributed by atoms with Crippen molar-refractivity contribution in [3.8, 4) is 11.5 Å². The highest BCUT2D eigenvalue weighted by atomic mass is 79.9. The number of hydrogen-bond donors (Lipinski definition) is 1. The van der Waals surface area contributed by atoms with E-state index in [-0.39, 0.29) is 5.91 Å². The van der Waals surface area contributed by atoms with E-state index in [0.29, 0.717) is 19.4 Å². The lowest BCUT2D eigenvalue weighted by atomic mass is 10.2. The number of anilines is 1. The van der Waals surface area contributed by atoms with Gasteiger partial charge in [0.15, 0.2) is 0 Å². The van der Waals surface area contributed by atoms with E-state index in [1.165, 1.54) is 5.56 Å². The van der Waals surface area contributed by atoms with Crippen molar-refractivity contribution in [3.63, 3.8) is 0 Å². The Bertz CT molecular complexity index is 688. The molecule has 0 aromatic heterocycles. The zero-order chi connectivity index (χ0) is 17.4. The zero-order valence-electron chi connectivity index (χ0n) is 14.0. The number of rotatable bonds is 8. The second-order valence-electron chi connectivity index (χ2n) is 5.35. The molecule has 1 amide bonds. The van der Waals surface area contributed by atoms with E-state index < -0.39 is 0 Å². The van der Waals surface area contributed by atoms with Gasteiger partial charge in [-0.15, -0.1) is 0 Å². The first-order chi connectivity index (χ1) is 11.6. The van der Waals surface area contributed by atoms with Gasteiger partial charge in [0.1, 0.15) is 11.5 Å². The largest absolute Gasteiger partial charge is 0.497 e. The number of hydrogen-bond acceptors (Lipinski definition) is 3. The monoisotopic (exact) mass is 391 g/mol. The summed E-state index contributed by atoms with van der Waals surface area (Å²) in [6, 6.07) is 13.4. The number of benzene rings is 2. The van der Waals surface area contributed by atoms with Crippen LogP contribution in [0.3, 0.4) is 0 Å². The molecule has 4 nitrogen and oxygen atoms in total. The summed E-state index contributed by atoms with van der Waals surface area (Å²) < 4.78 is 11.8. The predicted octanol–water partition coefficient (Wildman–Crippen LogP) is 4.82. The zero-order valence-corrected chi connectivity index (χ0v) is 15.6. The molecule has 0 saturated heterocycles. The van der Waals surface area contributed by atoms with Crippen molar-refractivity contribution in [2.75, 3.05) is 19.0 Å². The van der Waals surface area contributed by atoms with E-state index >= 15 is 0 Å². The molecule has 128 valence electrons. The molecule has 2 aromatic carbocycles. The third kappa shape index (κ3) is 5.57. The first-order valence-corrected chi connectivity index (χ1v) is 8.76. The fraction of sp³-hybridized carbons (Fsp3) is 0.316. The quantitative estimate of drug-likeness (QED) is 0.656. The third-order valence-corrected chi connectivity index (χ3v) is 4.18. The molecule has 0 heterocycles. The second kappa shape index (κ2) is 9.33. The summed E-state index contributed by atoms with van der Waals surface area (Å²) in [5.41, 5.74) is 1.99. The van der Waals surface area contributed by atoms with Crippen molar-refractivity contribution in [3.05, 3.63) is 52.5 Å². The molecule has 0 aliphatic rings. The lowest BCUT2D eigenvalue weighted by Crippen LogP contribution is -2.12. The molecule has 0 radical (unpaired) electrons. The number of carbonyl (C=O) groups excluding carboxylic acids is 1. The number of aryl methyl sites for hydroxylation is 1. The highest BCUT2D eigenvalue weighted by molar-refractivity contribution is 9.10. The minimum Gasteiger partial charge on any atom is -0.497 e. The van der Waals surface area contributed by atoms with Crippen LogP contribution in [-0.4, -0.2) is 19.6 Å². The van der Waals surface area contributed by atoms with Gasteiger partial charge < -0.3 is 14.8 Å². The Balaban J connectivity index is 1.74. The van der Waals surface area contributed by atoms with Crippen molar-refractivity contribution in [1.29, 1.82) is 0 Å². The van der Waals surface area contributed by atoms with Crippen LogP contribution in [-0.2, 0) is 11.2 Å². The van der Waals surface area contributed by atoms with E-state index in [2.05, 4.69) is 40.3 Å². The Morgan fingerprint density at radius 1 is 1.21 bits per heavy atom. The lowest BCUT2D eigenvalue weighted by molar-refractivity contribution is -0.116. The molecule has 2 rings (SSSR count).